The number of halogens is 1. The number of hydrogen-bond donors (Lipinski definition) is 3. The summed E-state index contributed by atoms with van der Waals surface area (Å²) >= 11 is 7.30. The zero-order valence-electron chi connectivity index (χ0n) is 9.31. The van der Waals surface area contributed by atoms with Crippen LogP contribution >= 0.6 is 22.9 Å². The van der Waals surface area contributed by atoms with E-state index < -0.39 is 5.91 Å². The summed E-state index contributed by atoms with van der Waals surface area (Å²) in [5, 5.41) is 3.05. The number of thiophene rings is 1. The second-order valence-corrected chi connectivity index (χ2v) is 5.36. The molecule has 0 aliphatic carbocycles. The third-order valence-corrected chi connectivity index (χ3v) is 3.47. The van der Waals surface area contributed by atoms with Crippen molar-refractivity contribution in [2.45, 2.75) is 6.54 Å². The summed E-state index contributed by atoms with van der Waals surface area (Å²) in [6.07, 6.45) is 0. The molecule has 2 aromatic heterocycles. The van der Waals surface area contributed by atoms with Crippen LogP contribution in [0.5, 0.6) is 0 Å². The topological polar surface area (TPSA) is 94.0 Å². The van der Waals surface area contributed by atoms with Crippen molar-refractivity contribution in [3.05, 3.63) is 39.2 Å². The summed E-state index contributed by atoms with van der Waals surface area (Å²) in [7, 11) is 0. The molecule has 0 saturated carbocycles. The molecule has 5 nitrogen and oxygen atoms in total. The summed E-state index contributed by atoms with van der Waals surface area (Å²) in [6, 6.07) is 6.82. The van der Waals surface area contributed by atoms with Crippen LogP contribution in [0, 0.1) is 0 Å². The number of carbonyl (C=O) groups excluding carboxylic acids is 1. The first-order valence-corrected chi connectivity index (χ1v) is 6.30. The van der Waals surface area contributed by atoms with Gasteiger partial charge in [-0.05, 0) is 24.3 Å². The molecule has 0 aliphatic rings. The lowest BCUT2D eigenvalue weighted by Gasteiger charge is -2.08. The molecule has 2 aromatic rings. The summed E-state index contributed by atoms with van der Waals surface area (Å²) in [5.41, 5.74) is 11.6. The summed E-state index contributed by atoms with van der Waals surface area (Å²) in [4.78, 5) is 16.1. The van der Waals surface area contributed by atoms with Gasteiger partial charge in [-0.2, -0.15) is 0 Å². The summed E-state index contributed by atoms with van der Waals surface area (Å²) in [5.74, 6) is -0.145. The highest BCUT2D eigenvalue weighted by Gasteiger charge is 2.07. The minimum absolute atomic E-state index is 0.177. The summed E-state index contributed by atoms with van der Waals surface area (Å²) in [6.45, 7) is 0.538. The quantitative estimate of drug-likeness (QED) is 0.800. The Kier molecular flexibility index (Phi) is 3.69. The monoisotopic (exact) mass is 282 g/mol. The van der Waals surface area contributed by atoms with Gasteiger partial charge in [-0.1, -0.05) is 11.6 Å². The molecule has 0 fully saturated rings. The maximum absolute atomic E-state index is 11.0. The Morgan fingerprint density at radius 3 is 2.78 bits per heavy atom. The molecule has 5 N–H and O–H groups in total. The van der Waals surface area contributed by atoms with Crippen LogP contribution in [0.4, 0.5) is 11.5 Å². The number of primary amides is 1. The molecular formula is C11H11ClN4OS. The van der Waals surface area contributed by atoms with Gasteiger partial charge in [0.25, 0.3) is 5.91 Å². The van der Waals surface area contributed by atoms with Crippen LogP contribution in [-0.4, -0.2) is 10.9 Å². The molecule has 0 unspecified atom stereocenters. The fraction of sp³-hybridized carbons (Fsp3) is 0.0909. The molecule has 94 valence electrons. The summed E-state index contributed by atoms with van der Waals surface area (Å²) < 4.78 is 0.721. The standard InChI is InChI=1S/C11H11ClN4OS/c12-9-4-1-6(18-9)5-15-11-7(13)2-3-8(16-11)10(14)17/h1-4H,5,13H2,(H2,14,17)(H,15,16). The van der Waals surface area contributed by atoms with Crippen LogP contribution < -0.4 is 16.8 Å². The molecule has 0 atom stereocenters. The number of hydrogen-bond acceptors (Lipinski definition) is 5. The van der Waals surface area contributed by atoms with E-state index >= 15 is 0 Å². The van der Waals surface area contributed by atoms with Gasteiger partial charge in [0, 0.05) is 4.88 Å². The van der Waals surface area contributed by atoms with Crippen LogP contribution in [0.25, 0.3) is 0 Å². The molecular weight excluding hydrogens is 272 g/mol. The number of rotatable bonds is 4. The van der Waals surface area contributed by atoms with E-state index in [1.54, 1.807) is 6.07 Å². The van der Waals surface area contributed by atoms with E-state index in [2.05, 4.69) is 10.3 Å². The second-order valence-electron chi connectivity index (χ2n) is 3.56. The minimum atomic E-state index is -0.586. The van der Waals surface area contributed by atoms with E-state index in [9.17, 15) is 4.79 Å². The Morgan fingerprint density at radius 2 is 2.17 bits per heavy atom. The Morgan fingerprint density at radius 1 is 1.39 bits per heavy atom. The molecule has 0 spiro atoms. The van der Waals surface area contributed by atoms with Crippen molar-refractivity contribution in [1.29, 1.82) is 0 Å². The van der Waals surface area contributed by atoms with Crippen LogP contribution in [0.15, 0.2) is 24.3 Å². The van der Waals surface area contributed by atoms with Crippen LogP contribution in [0.3, 0.4) is 0 Å². The van der Waals surface area contributed by atoms with Gasteiger partial charge >= 0.3 is 0 Å². The number of nitrogen functional groups attached to an aromatic ring is 1. The number of nitrogens with zero attached hydrogens (tertiary/aromatic N) is 1. The number of carbonyl (C=O) groups is 1. The lowest BCUT2D eigenvalue weighted by Crippen LogP contribution is -2.15. The molecule has 0 bridgehead atoms. The predicted molar refractivity (Wildman–Crippen MR) is 73.8 cm³/mol. The van der Waals surface area contributed by atoms with Crippen LogP contribution in [0.1, 0.15) is 15.4 Å². The third kappa shape index (κ3) is 2.91. The Bertz CT molecular complexity index is 584. The average Bonchev–Trinajstić information content (AvgIpc) is 2.74. The largest absolute Gasteiger partial charge is 0.396 e. The first-order valence-electron chi connectivity index (χ1n) is 5.10. The molecule has 1 amide bonds. The molecule has 0 saturated heterocycles. The van der Waals surface area contributed by atoms with Gasteiger partial charge in [0.15, 0.2) is 0 Å². The highest BCUT2D eigenvalue weighted by atomic mass is 35.5. The van der Waals surface area contributed by atoms with E-state index in [1.165, 1.54) is 17.4 Å². The first kappa shape index (κ1) is 12.7. The van der Waals surface area contributed by atoms with E-state index in [4.69, 9.17) is 23.1 Å². The van der Waals surface area contributed by atoms with E-state index in [1.807, 2.05) is 12.1 Å². The zero-order valence-corrected chi connectivity index (χ0v) is 10.9. The van der Waals surface area contributed by atoms with Crippen molar-refractivity contribution in [1.82, 2.24) is 4.98 Å². The fourth-order valence-electron chi connectivity index (χ4n) is 1.37. The number of pyridine rings is 1. The smallest absolute Gasteiger partial charge is 0.267 e. The van der Waals surface area contributed by atoms with Gasteiger partial charge < -0.3 is 16.8 Å². The Balaban J connectivity index is 2.13. The number of nitrogens with one attached hydrogen (secondary N) is 1. The molecule has 7 heteroatoms. The number of nitrogens with two attached hydrogens (primary N) is 2. The van der Waals surface area contributed by atoms with Gasteiger partial charge in [-0.15, -0.1) is 11.3 Å². The molecule has 0 aromatic carbocycles. The van der Waals surface area contributed by atoms with Crippen molar-refractivity contribution in [2.24, 2.45) is 5.73 Å². The van der Waals surface area contributed by atoms with Gasteiger partial charge in [0.2, 0.25) is 0 Å². The second kappa shape index (κ2) is 5.24. The van der Waals surface area contributed by atoms with Crippen molar-refractivity contribution >= 4 is 40.4 Å². The van der Waals surface area contributed by atoms with Crippen molar-refractivity contribution < 1.29 is 4.79 Å². The molecule has 18 heavy (non-hydrogen) atoms. The molecule has 2 heterocycles. The van der Waals surface area contributed by atoms with Gasteiger partial charge in [-0.3, -0.25) is 4.79 Å². The molecule has 2 rings (SSSR count). The first-order chi connectivity index (χ1) is 8.56. The zero-order chi connectivity index (χ0) is 13.1. The van der Waals surface area contributed by atoms with Crippen molar-refractivity contribution in [2.75, 3.05) is 11.1 Å². The normalized spacial score (nSPS) is 10.3. The lowest BCUT2D eigenvalue weighted by atomic mass is 10.3. The fourth-order valence-corrected chi connectivity index (χ4v) is 2.39. The van der Waals surface area contributed by atoms with Gasteiger partial charge in [-0.25, -0.2) is 4.98 Å². The number of aromatic nitrogens is 1. The third-order valence-electron chi connectivity index (χ3n) is 2.24. The highest BCUT2D eigenvalue weighted by Crippen LogP contribution is 2.23. The number of anilines is 2. The minimum Gasteiger partial charge on any atom is -0.396 e. The highest BCUT2D eigenvalue weighted by molar-refractivity contribution is 7.16. The van der Waals surface area contributed by atoms with E-state index in [0.717, 1.165) is 9.21 Å². The Hall–Kier alpha value is -1.79. The lowest BCUT2D eigenvalue weighted by molar-refractivity contribution is 0.0996. The van der Waals surface area contributed by atoms with Crippen LogP contribution in [-0.2, 0) is 6.54 Å². The number of amides is 1. The van der Waals surface area contributed by atoms with Crippen LogP contribution in [0.2, 0.25) is 4.34 Å². The SMILES string of the molecule is NC(=O)c1ccc(N)c(NCc2ccc(Cl)s2)n1. The maximum Gasteiger partial charge on any atom is 0.267 e. The predicted octanol–water partition coefficient (Wildman–Crippen LogP) is 2.09. The maximum atomic E-state index is 11.0. The molecule has 0 radical (unpaired) electrons. The Labute approximate surface area is 113 Å². The van der Waals surface area contributed by atoms with E-state index in [0.29, 0.717) is 18.1 Å². The van der Waals surface area contributed by atoms with Crippen molar-refractivity contribution in [3.8, 4) is 0 Å². The van der Waals surface area contributed by atoms with E-state index in [-0.39, 0.29) is 5.69 Å². The van der Waals surface area contributed by atoms with Gasteiger partial charge in [0.05, 0.1) is 16.6 Å². The van der Waals surface area contributed by atoms with Gasteiger partial charge in [0.1, 0.15) is 11.5 Å². The van der Waals surface area contributed by atoms with Crippen molar-refractivity contribution in [3.63, 3.8) is 0 Å². The molecule has 0 aliphatic heterocycles. The average molecular weight is 283 g/mol.